The number of nitrogens with two attached hydrogens (primary N) is 1. The Kier molecular flexibility index (Phi) is 5.37. The van der Waals surface area contributed by atoms with Crippen LogP contribution in [0.15, 0.2) is 73.3 Å². The number of aromatic nitrogens is 2. The lowest BCUT2D eigenvalue weighted by Gasteiger charge is -2.49. The predicted molar refractivity (Wildman–Crippen MR) is 109 cm³/mol. The van der Waals surface area contributed by atoms with Crippen LogP contribution in [0.5, 0.6) is 0 Å². The van der Waals surface area contributed by atoms with Gasteiger partial charge in [-0.2, -0.15) is 0 Å². The summed E-state index contributed by atoms with van der Waals surface area (Å²) in [5, 5.41) is 16.7. The molecule has 0 amide bonds. The molecule has 0 aliphatic carbocycles. The first kappa shape index (κ1) is 20.5. The molecule has 4 rings (SSSR count). The van der Waals surface area contributed by atoms with Crippen LogP contribution >= 0.6 is 0 Å². The van der Waals surface area contributed by atoms with Crippen molar-refractivity contribution < 1.29 is 17.9 Å². The number of halogens is 1. The van der Waals surface area contributed by atoms with E-state index >= 15 is 0 Å². The molecule has 0 spiro atoms. The summed E-state index contributed by atoms with van der Waals surface area (Å²) in [5.41, 5.74) is 0.0150. The summed E-state index contributed by atoms with van der Waals surface area (Å²) in [5.74, 6) is -0.408. The van der Waals surface area contributed by atoms with Gasteiger partial charge in [-0.05, 0) is 29.8 Å². The largest absolute Gasteiger partial charge is 0.378 e. The first-order valence-electron chi connectivity index (χ1n) is 9.34. The Bertz CT molecular complexity index is 1070. The molecule has 0 bridgehead atoms. The van der Waals surface area contributed by atoms with E-state index in [4.69, 9.17) is 5.14 Å². The maximum absolute atomic E-state index is 13.6. The number of hydrogen-bond acceptors (Lipinski definition) is 6. The van der Waals surface area contributed by atoms with E-state index in [1.54, 1.807) is 61.2 Å². The van der Waals surface area contributed by atoms with Crippen molar-refractivity contribution in [3.63, 3.8) is 0 Å². The highest BCUT2D eigenvalue weighted by Crippen LogP contribution is 2.46. The smallest absolute Gasteiger partial charge is 0.214 e. The van der Waals surface area contributed by atoms with E-state index in [2.05, 4.69) is 9.97 Å². The van der Waals surface area contributed by atoms with Gasteiger partial charge in [-0.3, -0.25) is 14.9 Å². The second-order valence-electron chi connectivity index (χ2n) is 7.37. The van der Waals surface area contributed by atoms with E-state index in [1.807, 2.05) is 4.90 Å². The summed E-state index contributed by atoms with van der Waals surface area (Å²) in [6, 6.07) is 12.0. The minimum atomic E-state index is -3.70. The van der Waals surface area contributed by atoms with Gasteiger partial charge < -0.3 is 5.11 Å². The second kappa shape index (κ2) is 7.84. The first-order valence-corrected chi connectivity index (χ1v) is 11.0. The maximum atomic E-state index is 13.6. The number of nitrogens with zero attached hydrogens (tertiary/aromatic N) is 3. The van der Waals surface area contributed by atoms with Crippen LogP contribution in [0, 0.1) is 5.82 Å². The van der Waals surface area contributed by atoms with E-state index in [9.17, 15) is 17.9 Å². The Morgan fingerprint density at radius 3 is 2.00 bits per heavy atom. The van der Waals surface area contributed by atoms with Crippen molar-refractivity contribution in [2.24, 2.45) is 5.14 Å². The van der Waals surface area contributed by atoms with Crippen molar-refractivity contribution in [2.75, 3.05) is 13.1 Å². The van der Waals surface area contributed by atoms with Crippen LogP contribution in [0.4, 0.5) is 4.39 Å². The Morgan fingerprint density at radius 1 is 1.03 bits per heavy atom. The van der Waals surface area contributed by atoms with Crippen molar-refractivity contribution in [3.8, 4) is 0 Å². The summed E-state index contributed by atoms with van der Waals surface area (Å²) in [4.78, 5) is 10.1. The molecule has 1 aromatic carbocycles. The molecule has 1 atom stereocenters. The van der Waals surface area contributed by atoms with Gasteiger partial charge in [0.15, 0.2) is 0 Å². The molecule has 1 unspecified atom stereocenters. The van der Waals surface area contributed by atoms with Crippen LogP contribution < -0.4 is 5.14 Å². The zero-order valence-corrected chi connectivity index (χ0v) is 16.8. The quantitative estimate of drug-likeness (QED) is 0.617. The van der Waals surface area contributed by atoms with Gasteiger partial charge in [0, 0.05) is 49.0 Å². The number of hydrogen-bond donors (Lipinski definition) is 2. The van der Waals surface area contributed by atoms with Crippen LogP contribution in [0.1, 0.15) is 22.7 Å². The number of pyridine rings is 2. The Morgan fingerprint density at radius 2 is 1.57 bits per heavy atom. The monoisotopic (exact) mass is 428 g/mol. The van der Waals surface area contributed by atoms with Gasteiger partial charge in [0.25, 0.3) is 0 Å². The van der Waals surface area contributed by atoms with Crippen LogP contribution in [0.3, 0.4) is 0 Å². The van der Waals surface area contributed by atoms with Gasteiger partial charge >= 0.3 is 0 Å². The van der Waals surface area contributed by atoms with Gasteiger partial charge in [0.1, 0.15) is 16.7 Å². The zero-order chi connectivity index (χ0) is 21.4. The van der Waals surface area contributed by atoms with Gasteiger partial charge in [-0.15, -0.1) is 0 Å². The second-order valence-corrected chi connectivity index (χ2v) is 9.21. The molecule has 156 valence electrons. The van der Waals surface area contributed by atoms with Crippen LogP contribution in [-0.2, 0) is 15.6 Å². The highest BCUT2D eigenvalue weighted by Gasteiger charge is 2.50. The third-order valence-electron chi connectivity index (χ3n) is 5.49. The van der Waals surface area contributed by atoms with E-state index in [0.717, 1.165) is 0 Å². The van der Waals surface area contributed by atoms with E-state index in [-0.39, 0.29) is 13.1 Å². The molecule has 0 saturated carbocycles. The van der Waals surface area contributed by atoms with Crippen molar-refractivity contribution in [1.82, 2.24) is 14.9 Å². The topological polar surface area (TPSA) is 109 Å². The fourth-order valence-electron chi connectivity index (χ4n) is 3.91. The molecule has 3 heterocycles. The first-order chi connectivity index (χ1) is 14.3. The van der Waals surface area contributed by atoms with E-state index < -0.39 is 32.7 Å². The number of benzene rings is 1. The SMILES string of the molecule is NS(=O)(=O)C1CN(C(c2ccc(F)cc2)C(O)(c2cccnc2)c2cccnc2)C1. The molecule has 2 aromatic heterocycles. The standard InChI is InChI=1S/C21H21FN4O3S/c22-18-7-5-15(6-8-18)20(26-13-19(14-26)30(23,28)29)21(27,16-3-1-9-24-11-16)17-4-2-10-25-12-17/h1-12,19-20,27H,13-14H2,(H2,23,28,29). The van der Waals surface area contributed by atoms with Gasteiger partial charge in [0.2, 0.25) is 10.0 Å². The minimum absolute atomic E-state index is 0.143. The summed E-state index contributed by atoms with van der Waals surface area (Å²) in [6.07, 6.45) is 6.31. The molecule has 3 N–H and O–H groups in total. The van der Waals surface area contributed by atoms with Crippen molar-refractivity contribution in [3.05, 3.63) is 95.8 Å². The zero-order valence-electron chi connectivity index (χ0n) is 16.0. The summed E-state index contributed by atoms with van der Waals surface area (Å²) < 4.78 is 37.2. The Labute approximate surface area is 174 Å². The highest BCUT2D eigenvalue weighted by atomic mass is 32.2. The number of aliphatic hydroxyl groups is 1. The number of rotatable bonds is 6. The van der Waals surface area contributed by atoms with Crippen LogP contribution in [0.25, 0.3) is 0 Å². The molecule has 30 heavy (non-hydrogen) atoms. The van der Waals surface area contributed by atoms with Gasteiger partial charge in [-0.1, -0.05) is 24.3 Å². The van der Waals surface area contributed by atoms with Crippen LogP contribution in [-0.4, -0.2) is 46.7 Å². The fourth-order valence-corrected chi connectivity index (χ4v) is 4.71. The van der Waals surface area contributed by atoms with Crippen molar-refractivity contribution >= 4 is 10.0 Å². The van der Waals surface area contributed by atoms with Gasteiger partial charge in [-0.25, -0.2) is 17.9 Å². The average Bonchev–Trinajstić information content (AvgIpc) is 2.71. The average molecular weight is 428 g/mol. The third kappa shape index (κ3) is 3.72. The summed E-state index contributed by atoms with van der Waals surface area (Å²) in [7, 11) is -3.70. The maximum Gasteiger partial charge on any atom is 0.214 e. The molecule has 9 heteroatoms. The van der Waals surface area contributed by atoms with Gasteiger partial charge in [0.05, 0.1) is 6.04 Å². The molecular formula is C21H21FN4O3S. The molecule has 0 radical (unpaired) electrons. The molecule has 1 aliphatic heterocycles. The number of sulfonamides is 1. The Balaban J connectivity index is 1.87. The van der Waals surface area contributed by atoms with Crippen LogP contribution in [0.2, 0.25) is 0 Å². The molecule has 3 aromatic rings. The normalized spacial score (nSPS) is 16.8. The molecular weight excluding hydrogens is 407 g/mol. The molecule has 1 aliphatic rings. The molecule has 1 saturated heterocycles. The fraction of sp³-hybridized carbons (Fsp3) is 0.238. The number of primary sulfonamides is 1. The van der Waals surface area contributed by atoms with Crippen molar-refractivity contribution in [2.45, 2.75) is 16.9 Å². The van der Waals surface area contributed by atoms with E-state index in [0.29, 0.717) is 16.7 Å². The lowest BCUT2D eigenvalue weighted by atomic mass is 9.76. The van der Waals surface area contributed by atoms with Crippen molar-refractivity contribution in [1.29, 1.82) is 0 Å². The lowest BCUT2D eigenvalue weighted by molar-refractivity contribution is -0.0453. The number of likely N-dealkylation sites (tertiary alicyclic amines) is 1. The molecule has 1 fully saturated rings. The summed E-state index contributed by atoms with van der Waals surface area (Å²) >= 11 is 0. The minimum Gasteiger partial charge on any atom is -0.378 e. The highest BCUT2D eigenvalue weighted by molar-refractivity contribution is 7.89. The molecule has 7 nitrogen and oxygen atoms in total. The lowest BCUT2D eigenvalue weighted by Crippen LogP contribution is -2.61. The van der Waals surface area contributed by atoms with E-state index in [1.165, 1.54) is 12.1 Å². The predicted octanol–water partition coefficient (Wildman–Crippen LogP) is 1.57. The summed E-state index contributed by atoms with van der Waals surface area (Å²) in [6.45, 7) is 0.285. The Hall–Kier alpha value is -2.72. The third-order valence-corrected chi connectivity index (χ3v) is 6.72.